The summed E-state index contributed by atoms with van der Waals surface area (Å²) in [6.07, 6.45) is 0. The Morgan fingerprint density at radius 1 is 1.60 bits per heavy atom. The second-order valence-electron chi connectivity index (χ2n) is 1.85. The van der Waals surface area contributed by atoms with Crippen LogP contribution < -0.4 is 5.73 Å². The Kier molecular flexibility index (Phi) is 2.25. The fourth-order valence-electron chi connectivity index (χ4n) is 0.608. The van der Waals surface area contributed by atoms with E-state index in [-0.39, 0.29) is 11.6 Å². The van der Waals surface area contributed by atoms with Crippen molar-refractivity contribution < 1.29 is 4.39 Å². The Bertz CT molecular complexity index is 237. The molecule has 0 aliphatic rings. The summed E-state index contributed by atoms with van der Waals surface area (Å²) in [6.45, 7) is 0.286. The van der Waals surface area contributed by atoms with Crippen LogP contribution in [0.2, 0.25) is 5.02 Å². The second-order valence-corrected chi connectivity index (χ2v) is 2.26. The molecule has 1 aromatic carbocycles. The molecule has 0 bridgehead atoms. The van der Waals surface area contributed by atoms with Gasteiger partial charge in [-0.15, -0.1) is 0 Å². The average Bonchev–Trinajstić information content (AvgIpc) is 1.95. The van der Waals surface area contributed by atoms with E-state index in [4.69, 9.17) is 17.3 Å². The van der Waals surface area contributed by atoms with Crippen molar-refractivity contribution in [3.8, 4) is 0 Å². The second kappa shape index (κ2) is 2.99. The first-order valence-electron chi connectivity index (χ1n) is 2.80. The number of benzene rings is 1. The molecule has 0 saturated heterocycles. The summed E-state index contributed by atoms with van der Waals surface area (Å²) >= 11 is 5.39. The van der Waals surface area contributed by atoms with E-state index in [9.17, 15) is 4.39 Å². The van der Waals surface area contributed by atoms with Crippen molar-refractivity contribution in [1.29, 1.82) is 0 Å². The minimum Gasteiger partial charge on any atom is -0.326 e. The number of rotatable bonds is 1. The third kappa shape index (κ3) is 1.46. The van der Waals surface area contributed by atoms with E-state index < -0.39 is 5.82 Å². The minimum atomic E-state index is -0.537. The molecule has 0 saturated carbocycles. The van der Waals surface area contributed by atoms with Gasteiger partial charge < -0.3 is 5.73 Å². The van der Waals surface area contributed by atoms with Crippen LogP contribution in [0.5, 0.6) is 0 Å². The van der Waals surface area contributed by atoms with Crippen molar-refractivity contribution in [3.63, 3.8) is 0 Å². The fraction of sp³-hybridized carbons (Fsp3) is 0.143. The number of halogens is 2. The Morgan fingerprint density at radius 2 is 2.30 bits per heavy atom. The summed E-state index contributed by atoms with van der Waals surface area (Å²) in [5, 5.41) is 0.0807. The molecule has 0 amide bonds. The maximum atomic E-state index is 12.5. The van der Waals surface area contributed by atoms with E-state index in [0.717, 1.165) is 0 Å². The molecular formula is C7H6ClFN. The van der Waals surface area contributed by atoms with Gasteiger partial charge in [0.1, 0.15) is 5.82 Å². The zero-order valence-corrected chi connectivity index (χ0v) is 5.95. The summed E-state index contributed by atoms with van der Waals surface area (Å²) < 4.78 is 12.5. The lowest BCUT2D eigenvalue weighted by atomic mass is 10.2. The maximum absolute atomic E-state index is 12.5. The monoisotopic (exact) mass is 158 g/mol. The van der Waals surface area contributed by atoms with Crippen molar-refractivity contribution in [2.45, 2.75) is 6.54 Å². The predicted molar refractivity (Wildman–Crippen MR) is 38.1 cm³/mol. The molecule has 3 heteroatoms. The molecule has 53 valence electrons. The molecule has 1 aromatic rings. The average molecular weight is 159 g/mol. The van der Waals surface area contributed by atoms with Gasteiger partial charge in [-0.3, -0.25) is 0 Å². The minimum absolute atomic E-state index is 0.0807. The van der Waals surface area contributed by atoms with Gasteiger partial charge in [-0.05, 0) is 11.6 Å². The highest BCUT2D eigenvalue weighted by Gasteiger charge is 1.98. The summed E-state index contributed by atoms with van der Waals surface area (Å²) in [5.74, 6) is -0.537. The quantitative estimate of drug-likeness (QED) is 0.662. The van der Waals surface area contributed by atoms with E-state index >= 15 is 0 Å². The van der Waals surface area contributed by atoms with E-state index in [1.54, 1.807) is 6.07 Å². The molecule has 0 heterocycles. The Labute approximate surface area is 63.6 Å². The lowest BCUT2D eigenvalue weighted by molar-refractivity contribution is 0.623. The van der Waals surface area contributed by atoms with Crippen LogP contribution in [-0.4, -0.2) is 0 Å². The summed E-state index contributed by atoms with van der Waals surface area (Å²) in [4.78, 5) is 0. The van der Waals surface area contributed by atoms with Gasteiger partial charge in [0.15, 0.2) is 0 Å². The van der Waals surface area contributed by atoms with Gasteiger partial charge in [0.25, 0.3) is 0 Å². The van der Waals surface area contributed by atoms with Gasteiger partial charge in [-0.2, -0.15) is 0 Å². The van der Waals surface area contributed by atoms with E-state index in [0.29, 0.717) is 5.56 Å². The lowest BCUT2D eigenvalue weighted by Crippen LogP contribution is -1.96. The van der Waals surface area contributed by atoms with Crippen molar-refractivity contribution in [3.05, 3.63) is 34.6 Å². The highest BCUT2D eigenvalue weighted by molar-refractivity contribution is 6.30. The molecule has 0 unspecified atom stereocenters. The standard InChI is InChI=1S/C7H6ClFN/c8-6-2-1-5(4-10)3-7(6)9/h1-2H,4,10H2. The summed E-state index contributed by atoms with van der Waals surface area (Å²) in [5.41, 5.74) is 5.85. The summed E-state index contributed by atoms with van der Waals surface area (Å²) in [7, 11) is 0. The maximum Gasteiger partial charge on any atom is 0.150 e. The van der Waals surface area contributed by atoms with Gasteiger partial charge >= 0.3 is 0 Å². The topological polar surface area (TPSA) is 26.0 Å². The van der Waals surface area contributed by atoms with Crippen molar-refractivity contribution >= 4 is 11.6 Å². The highest BCUT2D eigenvalue weighted by Crippen LogP contribution is 2.14. The third-order valence-electron chi connectivity index (χ3n) is 1.13. The predicted octanol–water partition coefficient (Wildman–Crippen LogP) is 1.74. The first kappa shape index (κ1) is 7.51. The smallest absolute Gasteiger partial charge is 0.150 e. The molecule has 0 atom stereocenters. The lowest BCUT2D eigenvalue weighted by Gasteiger charge is -1.95. The molecule has 0 fully saturated rings. The van der Waals surface area contributed by atoms with Crippen LogP contribution in [0.25, 0.3) is 0 Å². The van der Waals surface area contributed by atoms with Gasteiger partial charge in [0.05, 0.1) is 5.02 Å². The van der Waals surface area contributed by atoms with Crippen LogP contribution in [0.1, 0.15) is 5.56 Å². The molecule has 10 heavy (non-hydrogen) atoms. The third-order valence-corrected chi connectivity index (χ3v) is 1.42. The summed E-state index contributed by atoms with van der Waals surface area (Å²) in [6, 6.07) is 5.51. The normalized spacial score (nSPS) is 9.90. The zero-order chi connectivity index (χ0) is 7.56. The molecule has 0 aromatic heterocycles. The van der Waals surface area contributed by atoms with E-state index in [1.165, 1.54) is 6.07 Å². The van der Waals surface area contributed by atoms with Crippen LogP contribution in [0.15, 0.2) is 12.1 Å². The highest BCUT2D eigenvalue weighted by atomic mass is 35.5. The molecule has 2 N–H and O–H groups in total. The van der Waals surface area contributed by atoms with Crippen molar-refractivity contribution in [2.24, 2.45) is 5.73 Å². The van der Waals surface area contributed by atoms with Crippen LogP contribution in [0.3, 0.4) is 0 Å². The van der Waals surface area contributed by atoms with Crippen LogP contribution in [0, 0.1) is 11.9 Å². The molecule has 0 spiro atoms. The molecular weight excluding hydrogens is 153 g/mol. The molecule has 1 rings (SSSR count). The van der Waals surface area contributed by atoms with Crippen molar-refractivity contribution in [1.82, 2.24) is 0 Å². The van der Waals surface area contributed by atoms with Gasteiger partial charge in [0.2, 0.25) is 0 Å². The molecule has 1 nitrogen and oxygen atoms in total. The largest absolute Gasteiger partial charge is 0.326 e. The Balaban J connectivity index is 3.04. The first-order valence-corrected chi connectivity index (χ1v) is 3.18. The van der Waals surface area contributed by atoms with Gasteiger partial charge in [-0.1, -0.05) is 17.7 Å². The number of nitrogens with two attached hydrogens (primary N) is 1. The Morgan fingerprint density at radius 3 is 2.80 bits per heavy atom. The van der Waals surface area contributed by atoms with E-state index in [2.05, 4.69) is 6.07 Å². The van der Waals surface area contributed by atoms with Crippen LogP contribution >= 0.6 is 11.6 Å². The number of hydrogen-bond donors (Lipinski definition) is 1. The molecule has 0 aliphatic heterocycles. The first-order chi connectivity index (χ1) is 4.74. The van der Waals surface area contributed by atoms with Gasteiger partial charge in [-0.25, -0.2) is 4.39 Å². The number of hydrogen-bond acceptors (Lipinski definition) is 1. The van der Waals surface area contributed by atoms with Crippen LogP contribution in [-0.2, 0) is 6.54 Å². The zero-order valence-electron chi connectivity index (χ0n) is 5.20. The molecule has 1 radical (unpaired) electrons. The van der Waals surface area contributed by atoms with Gasteiger partial charge in [0, 0.05) is 12.6 Å². The van der Waals surface area contributed by atoms with Crippen LogP contribution in [0.4, 0.5) is 4.39 Å². The fourth-order valence-corrected chi connectivity index (χ4v) is 0.719. The SMILES string of the molecule is NCc1[c]c(F)c(Cl)cc1. The Hall–Kier alpha value is -0.600. The molecule has 0 aliphatic carbocycles. The van der Waals surface area contributed by atoms with Crippen molar-refractivity contribution in [2.75, 3.05) is 0 Å². The van der Waals surface area contributed by atoms with E-state index in [1.807, 2.05) is 0 Å².